The van der Waals surface area contributed by atoms with Crippen LogP contribution in [-0.4, -0.2) is 36.6 Å². The number of piperidine rings is 1. The first-order valence-corrected chi connectivity index (χ1v) is 8.68. The fourth-order valence-electron chi connectivity index (χ4n) is 4.00. The van der Waals surface area contributed by atoms with Crippen LogP contribution in [0.2, 0.25) is 0 Å². The van der Waals surface area contributed by atoms with E-state index in [0.29, 0.717) is 0 Å². The van der Waals surface area contributed by atoms with Gasteiger partial charge in [0.2, 0.25) is 0 Å². The topological polar surface area (TPSA) is 15.3 Å². The summed E-state index contributed by atoms with van der Waals surface area (Å²) in [6.45, 7) is 11.0. The van der Waals surface area contributed by atoms with Gasteiger partial charge in [0.15, 0.2) is 0 Å². The Bertz CT molecular complexity index is 254. The van der Waals surface area contributed by atoms with Crippen molar-refractivity contribution in [3.8, 4) is 0 Å². The van der Waals surface area contributed by atoms with E-state index in [1.807, 2.05) is 0 Å². The first-order valence-electron chi connectivity index (χ1n) is 8.68. The van der Waals surface area contributed by atoms with Gasteiger partial charge in [0, 0.05) is 18.6 Å². The molecule has 2 fully saturated rings. The molecule has 4 unspecified atom stereocenters. The first kappa shape index (κ1) is 15.3. The van der Waals surface area contributed by atoms with E-state index in [2.05, 4.69) is 31.0 Å². The normalized spacial score (nSPS) is 36.8. The van der Waals surface area contributed by atoms with E-state index < -0.39 is 0 Å². The zero-order valence-electron chi connectivity index (χ0n) is 13.3. The van der Waals surface area contributed by atoms with Gasteiger partial charge in [-0.05, 0) is 70.4 Å². The van der Waals surface area contributed by atoms with Crippen molar-refractivity contribution in [3.63, 3.8) is 0 Å². The summed E-state index contributed by atoms with van der Waals surface area (Å²) in [7, 11) is 0. The Morgan fingerprint density at radius 3 is 2.74 bits per heavy atom. The molecule has 1 aliphatic heterocycles. The molecule has 2 aliphatic rings. The summed E-state index contributed by atoms with van der Waals surface area (Å²) in [5.41, 5.74) is 0. The molecule has 0 radical (unpaired) electrons. The smallest absolute Gasteiger partial charge is 0.00958 e. The summed E-state index contributed by atoms with van der Waals surface area (Å²) in [5, 5.41) is 3.77. The second-order valence-corrected chi connectivity index (χ2v) is 7.07. The minimum atomic E-state index is 0.817. The molecule has 112 valence electrons. The van der Waals surface area contributed by atoms with E-state index in [0.717, 1.165) is 23.9 Å². The van der Waals surface area contributed by atoms with Crippen molar-refractivity contribution in [2.75, 3.05) is 19.6 Å². The van der Waals surface area contributed by atoms with E-state index >= 15 is 0 Å². The molecule has 4 atom stereocenters. The highest BCUT2D eigenvalue weighted by Gasteiger charge is 2.28. The van der Waals surface area contributed by atoms with Gasteiger partial charge in [0.05, 0.1) is 0 Å². The SMILES string of the molecule is CCCNC1CCCC1CCN1CC(C)CCC1C. The maximum Gasteiger partial charge on any atom is 0.00958 e. The van der Waals surface area contributed by atoms with E-state index in [1.54, 1.807) is 0 Å². The highest BCUT2D eigenvalue weighted by Crippen LogP contribution is 2.30. The van der Waals surface area contributed by atoms with Crippen LogP contribution in [0, 0.1) is 11.8 Å². The van der Waals surface area contributed by atoms with Gasteiger partial charge in [-0.15, -0.1) is 0 Å². The average molecular weight is 266 g/mol. The predicted octanol–water partition coefficient (Wildman–Crippen LogP) is 3.67. The van der Waals surface area contributed by atoms with Crippen LogP contribution in [0.25, 0.3) is 0 Å². The molecule has 1 saturated carbocycles. The highest BCUT2D eigenvalue weighted by molar-refractivity contribution is 4.85. The molecule has 0 amide bonds. The van der Waals surface area contributed by atoms with E-state index in [9.17, 15) is 0 Å². The first-order chi connectivity index (χ1) is 9.20. The third-order valence-corrected chi connectivity index (χ3v) is 5.35. The lowest BCUT2D eigenvalue weighted by Crippen LogP contribution is -2.43. The molecule has 0 bridgehead atoms. The van der Waals surface area contributed by atoms with Crippen LogP contribution in [0.5, 0.6) is 0 Å². The third kappa shape index (κ3) is 4.46. The Hall–Kier alpha value is -0.0800. The Morgan fingerprint density at radius 1 is 1.11 bits per heavy atom. The summed E-state index contributed by atoms with van der Waals surface area (Å²) in [5.74, 6) is 1.85. The van der Waals surface area contributed by atoms with Crippen molar-refractivity contribution in [2.24, 2.45) is 11.8 Å². The summed E-state index contributed by atoms with van der Waals surface area (Å²) in [6.07, 6.45) is 9.83. The largest absolute Gasteiger partial charge is 0.314 e. The molecule has 0 spiro atoms. The molecule has 2 nitrogen and oxygen atoms in total. The maximum absolute atomic E-state index is 3.77. The third-order valence-electron chi connectivity index (χ3n) is 5.35. The van der Waals surface area contributed by atoms with Crippen LogP contribution in [0.3, 0.4) is 0 Å². The van der Waals surface area contributed by atoms with Gasteiger partial charge >= 0.3 is 0 Å². The van der Waals surface area contributed by atoms with Gasteiger partial charge in [-0.25, -0.2) is 0 Å². The minimum Gasteiger partial charge on any atom is -0.314 e. The van der Waals surface area contributed by atoms with E-state index in [1.165, 1.54) is 64.6 Å². The van der Waals surface area contributed by atoms with Crippen LogP contribution in [-0.2, 0) is 0 Å². The summed E-state index contributed by atoms with van der Waals surface area (Å²) in [6, 6.07) is 1.64. The zero-order valence-corrected chi connectivity index (χ0v) is 13.3. The van der Waals surface area contributed by atoms with E-state index in [4.69, 9.17) is 0 Å². The number of nitrogens with one attached hydrogen (secondary N) is 1. The van der Waals surface area contributed by atoms with Gasteiger partial charge in [0.1, 0.15) is 0 Å². The second kappa shape index (κ2) is 7.64. The molecule has 1 heterocycles. The van der Waals surface area contributed by atoms with Gasteiger partial charge < -0.3 is 10.2 Å². The van der Waals surface area contributed by atoms with Gasteiger partial charge in [-0.1, -0.05) is 20.3 Å². The fourth-order valence-corrected chi connectivity index (χ4v) is 4.00. The van der Waals surface area contributed by atoms with Crippen molar-refractivity contribution in [1.82, 2.24) is 10.2 Å². The molecule has 2 rings (SSSR count). The second-order valence-electron chi connectivity index (χ2n) is 7.07. The van der Waals surface area contributed by atoms with Crippen molar-refractivity contribution in [3.05, 3.63) is 0 Å². The summed E-state index contributed by atoms with van der Waals surface area (Å²) in [4.78, 5) is 2.75. The molecule has 0 aromatic heterocycles. The Labute approximate surface area is 120 Å². The Kier molecular flexibility index (Phi) is 6.15. The van der Waals surface area contributed by atoms with Crippen molar-refractivity contribution >= 4 is 0 Å². The summed E-state index contributed by atoms with van der Waals surface area (Å²) < 4.78 is 0. The van der Waals surface area contributed by atoms with Crippen molar-refractivity contribution < 1.29 is 0 Å². The molecular formula is C17H34N2. The lowest BCUT2D eigenvalue weighted by atomic mass is 9.93. The average Bonchev–Trinajstić information content (AvgIpc) is 2.85. The van der Waals surface area contributed by atoms with Gasteiger partial charge in [-0.3, -0.25) is 0 Å². The molecule has 0 aromatic carbocycles. The van der Waals surface area contributed by atoms with Crippen LogP contribution in [0.1, 0.15) is 65.7 Å². The molecule has 1 saturated heterocycles. The lowest BCUT2D eigenvalue weighted by molar-refractivity contribution is 0.115. The quantitative estimate of drug-likeness (QED) is 0.789. The molecule has 1 N–H and O–H groups in total. The van der Waals surface area contributed by atoms with Crippen LogP contribution >= 0.6 is 0 Å². The molecule has 2 heteroatoms. The highest BCUT2D eigenvalue weighted by atomic mass is 15.2. The maximum atomic E-state index is 3.77. The van der Waals surface area contributed by atoms with E-state index in [-0.39, 0.29) is 0 Å². The summed E-state index contributed by atoms with van der Waals surface area (Å²) >= 11 is 0. The molecule has 19 heavy (non-hydrogen) atoms. The van der Waals surface area contributed by atoms with Gasteiger partial charge in [-0.2, -0.15) is 0 Å². The predicted molar refractivity (Wildman–Crippen MR) is 83.5 cm³/mol. The van der Waals surface area contributed by atoms with Crippen molar-refractivity contribution in [2.45, 2.75) is 77.8 Å². The molecule has 1 aliphatic carbocycles. The molecule has 0 aromatic rings. The number of hydrogen-bond donors (Lipinski definition) is 1. The lowest BCUT2D eigenvalue weighted by Gasteiger charge is -2.37. The minimum absolute atomic E-state index is 0.817. The number of rotatable bonds is 6. The van der Waals surface area contributed by atoms with Crippen molar-refractivity contribution in [1.29, 1.82) is 0 Å². The van der Waals surface area contributed by atoms with Crippen LogP contribution < -0.4 is 5.32 Å². The van der Waals surface area contributed by atoms with Gasteiger partial charge in [0.25, 0.3) is 0 Å². The van der Waals surface area contributed by atoms with Crippen LogP contribution in [0.15, 0.2) is 0 Å². The molecular weight excluding hydrogens is 232 g/mol. The number of hydrogen-bond acceptors (Lipinski definition) is 2. The fraction of sp³-hybridized carbons (Fsp3) is 1.00. The standard InChI is InChI=1S/C17H34N2/c1-4-11-18-17-7-5-6-16(17)10-12-19-13-14(2)8-9-15(19)3/h14-18H,4-13H2,1-3H3. The Balaban J connectivity index is 1.74. The number of nitrogens with zero attached hydrogens (tertiary/aromatic N) is 1. The Morgan fingerprint density at radius 2 is 1.95 bits per heavy atom. The monoisotopic (exact) mass is 266 g/mol. The zero-order chi connectivity index (χ0) is 13.7. The van der Waals surface area contributed by atoms with Crippen LogP contribution in [0.4, 0.5) is 0 Å². The number of likely N-dealkylation sites (tertiary alicyclic amines) is 1.